The third-order valence-electron chi connectivity index (χ3n) is 3.15. The van der Waals surface area contributed by atoms with Crippen molar-refractivity contribution in [2.45, 2.75) is 58.0 Å². The summed E-state index contributed by atoms with van der Waals surface area (Å²) in [6, 6.07) is -0.0586. The molecule has 1 aliphatic carbocycles. The molecule has 0 unspecified atom stereocenters. The van der Waals surface area contributed by atoms with Gasteiger partial charge in [-0.3, -0.25) is 4.79 Å². The lowest BCUT2D eigenvalue weighted by Crippen LogP contribution is -2.57. The highest BCUT2D eigenvalue weighted by molar-refractivity contribution is 5.86. The van der Waals surface area contributed by atoms with Crippen molar-refractivity contribution in [2.75, 3.05) is 0 Å². The highest BCUT2D eigenvalue weighted by Gasteiger charge is 2.48. The Balaban J connectivity index is 3.05. The molecule has 0 saturated heterocycles. The van der Waals surface area contributed by atoms with Crippen LogP contribution in [0, 0.1) is 0 Å². The van der Waals surface area contributed by atoms with Gasteiger partial charge in [0.1, 0.15) is 5.54 Å². The van der Waals surface area contributed by atoms with E-state index >= 15 is 0 Å². The Morgan fingerprint density at radius 3 is 2.00 bits per heavy atom. The Labute approximate surface area is 90.3 Å². The van der Waals surface area contributed by atoms with Gasteiger partial charge in [-0.25, -0.2) is 4.79 Å². The van der Waals surface area contributed by atoms with E-state index in [2.05, 4.69) is 0 Å². The molecule has 0 aromatic heterocycles. The zero-order valence-corrected chi connectivity index (χ0v) is 9.62. The Kier molecular flexibility index (Phi) is 3.37. The van der Waals surface area contributed by atoms with Gasteiger partial charge in [-0.05, 0) is 26.7 Å². The van der Waals surface area contributed by atoms with E-state index in [0.717, 1.165) is 12.8 Å². The van der Waals surface area contributed by atoms with Gasteiger partial charge in [-0.2, -0.15) is 0 Å². The van der Waals surface area contributed by atoms with Crippen molar-refractivity contribution >= 4 is 11.9 Å². The second-order valence-electron chi connectivity index (χ2n) is 4.53. The molecule has 1 aliphatic rings. The lowest BCUT2D eigenvalue weighted by atomic mass is 9.93. The molecular weight excluding hydrogens is 194 g/mol. The zero-order valence-electron chi connectivity index (χ0n) is 9.62. The Hall–Kier alpha value is -1.06. The Morgan fingerprint density at radius 1 is 1.27 bits per heavy atom. The summed E-state index contributed by atoms with van der Waals surface area (Å²) in [7, 11) is 0. The highest BCUT2D eigenvalue weighted by atomic mass is 16.4. The van der Waals surface area contributed by atoms with Gasteiger partial charge in [0.05, 0.1) is 0 Å². The molecule has 0 bridgehead atoms. The predicted molar refractivity (Wildman–Crippen MR) is 56.5 cm³/mol. The number of carbonyl (C=O) groups excluding carboxylic acids is 1. The Morgan fingerprint density at radius 2 is 1.73 bits per heavy atom. The summed E-state index contributed by atoms with van der Waals surface area (Å²) >= 11 is 0. The fraction of sp³-hybridized carbons (Fsp3) is 0.818. The molecule has 0 spiro atoms. The standard InChI is InChI=1S/C11H19NO3/c1-8(2)12(9(3)13)11(10(14)15)6-4-5-7-11/h8H,4-7H2,1-3H3,(H,14,15). The summed E-state index contributed by atoms with van der Waals surface area (Å²) in [4.78, 5) is 24.5. The molecule has 0 atom stereocenters. The lowest BCUT2D eigenvalue weighted by molar-refractivity contribution is -0.160. The molecule has 0 heterocycles. The molecule has 0 aromatic carbocycles. The van der Waals surface area contributed by atoms with E-state index in [-0.39, 0.29) is 11.9 Å². The quantitative estimate of drug-likeness (QED) is 0.775. The summed E-state index contributed by atoms with van der Waals surface area (Å²) in [6.45, 7) is 5.18. The molecule has 0 aliphatic heterocycles. The van der Waals surface area contributed by atoms with Crippen molar-refractivity contribution in [3.8, 4) is 0 Å². The second kappa shape index (κ2) is 4.21. The maximum absolute atomic E-state index is 11.5. The molecule has 4 heteroatoms. The molecule has 0 radical (unpaired) electrons. The van der Waals surface area contributed by atoms with Crippen molar-refractivity contribution in [3.05, 3.63) is 0 Å². The van der Waals surface area contributed by atoms with Crippen molar-refractivity contribution in [1.82, 2.24) is 4.90 Å². The van der Waals surface area contributed by atoms with Gasteiger partial charge >= 0.3 is 5.97 Å². The van der Waals surface area contributed by atoms with Crippen LogP contribution in [0.3, 0.4) is 0 Å². The Bertz CT molecular complexity index is 267. The molecule has 0 aromatic rings. The monoisotopic (exact) mass is 213 g/mol. The molecule has 4 nitrogen and oxygen atoms in total. The first kappa shape index (κ1) is 12.0. The second-order valence-corrected chi connectivity index (χ2v) is 4.53. The van der Waals surface area contributed by atoms with Crippen LogP contribution in [-0.4, -0.2) is 33.5 Å². The van der Waals surface area contributed by atoms with Gasteiger partial charge in [-0.1, -0.05) is 12.8 Å². The lowest BCUT2D eigenvalue weighted by Gasteiger charge is -2.40. The maximum Gasteiger partial charge on any atom is 0.329 e. The number of nitrogens with zero attached hydrogens (tertiary/aromatic N) is 1. The molecule has 15 heavy (non-hydrogen) atoms. The summed E-state index contributed by atoms with van der Waals surface area (Å²) in [5.41, 5.74) is -0.944. The zero-order chi connectivity index (χ0) is 11.6. The number of rotatable bonds is 3. The number of aliphatic carboxylic acids is 1. The summed E-state index contributed by atoms with van der Waals surface area (Å²) in [5.74, 6) is -1.00. The van der Waals surface area contributed by atoms with Gasteiger partial charge in [0, 0.05) is 13.0 Å². The van der Waals surface area contributed by atoms with Crippen LogP contribution in [0.25, 0.3) is 0 Å². The fourth-order valence-electron chi connectivity index (χ4n) is 2.68. The SMILES string of the molecule is CC(=O)N(C(C)C)C1(C(=O)O)CCCC1. The first-order valence-electron chi connectivity index (χ1n) is 5.45. The normalized spacial score (nSPS) is 19.2. The smallest absolute Gasteiger partial charge is 0.329 e. The topological polar surface area (TPSA) is 57.6 Å². The molecule has 86 valence electrons. The van der Waals surface area contributed by atoms with Gasteiger partial charge < -0.3 is 10.0 Å². The van der Waals surface area contributed by atoms with Crippen LogP contribution in [0.5, 0.6) is 0 Å². The minimum absolute atomic E-state index is 0.0586. The first-order chi connectivity index (χ1) is 6.92. The minimum atomic E-state index is -0.944. The van der Waals surface area contributed by atoms with E-state index in [1.807, 2.05) is 13.8 Å². The number of hydrogen-bond acceptors (Lipinski definition) is 2. The predicted octanol–water partition coefficient (Wildman–Crippen LogP) is 1.64. The van der Waals surface area contributed by atoms with Crippen molar-refractivity contribution in [2.24, 2.45) is 0 Å². The van der Waals surface area contributed by atoms with Crippen LogP contribution in [0.2, 0.25) is 0 Å². The fourth-order valence-corrected chi connectivity index (χ4v) is 2.68. The summed E-state index contributed by atoms with van der Waals surface area (Å²) in [5, 5.41) is 9.34. The van der Waals surface area contributed by atoms with Crippen molar-refractivity contribution in [3.63, 3.8) is 0 Å². The number of carboxylic acids is 1. The third kappa shape index (κ3) is 1.98. The largest absolute Gasteiger partial charge is 0.479 e. The number of hydrogen-bond donors (Lipinski definition) is 1. The molecule has 1 N–H and O–H groups in total. The average Bonchev–Trinajstić information content (AvgIpc) is 2.52. The molecule has 1 rings (SSSR count). The van der Waals surface area contributed by atoms with Crippen molar-refractivity contribution < 1.29 is 14.7 Å². The van der Waals surface area contributed by atoms with Crippen LogP contribution in [-0.2, 0) is 9.59 Å². The molecule has 1 saturated carbocycles. The van der Waals surface area contributed by atoms with Crippen LogP contribution < -0.4 is 0 Å². The van der Waals surface area contributed by atoms with E-state index in [1.54, 1.807) is 0 Å². The van der Waals surface area contributed by atoms with Crippen LogP contribution in [0.15, 0.2) is 0 Å². The van der Waals surface area contributed by atoms with Crippen LogP contribution >= 0.6 is 0 Å². The first-order valence-corrected chi connectivity index (χ1v) is 5.45. The van der Waals surface area contributed by atoms with Gasteiger partial charge in [0.25, 0.3) is 0 Å². The van der Waals surface area contributed by atoms with Gasteiger partial charge in [-0.15, -0.1) is 0 Å². The molecule has 1 amide bonds. The van der Waals surface area contributed by atoms with Crippen LogP contribution in [0.4, 0.5) is 0 Å². The van der Waals surface area contributed by atoms with Gasteiger partial charge in [0.15, 0.2) is 0 Å². The van der Waals surface area contributed by atoms with Gasteiger partial charge in [0.2, 0.25) is 5.91 Å². The minimum Gasteiger partial charge on any atom is -0.479 e. The van der Waals surface area contributed by atoms with Crippen LogP contribution in [0.1, 0.15) is 46.5 Å². The summed E-state index contributed by atoms with van der Waals surface area (Å²) in [6.07, 6.45) is 2.95. The number of amides is 1. The number of carbonyl (C=O) groups is 2. The number of carboxylic acid groups (broad SMARTS) is 1. The van der Waals surface area contributed by atoms with E-state index in [1.165, 1.54) is 11.8 Å². The van der Waals surface area contributed by atoms with E-state index in [9.17, 15) is 14.7 Å². The van der Waals surface area contributed by atoms with E-state index in [0.29, 0.717) is 12.8 Å². The van der Waals surface area contributed by atoms with Crippen molar-refractivity contribution in [1.29, 1.82) is 0 Å². The maximum atomic E-state index is 11.5. The summed E-state index contributed by atoms with van der Waals surface area (Å²) < 4.78 is 0. The van der Waals surface area contributed by atoms with E-state index in [4.69, 9.17) is 0 Å². The van der Waals surface area contributed by atoms with E-state index < -0.39 is 11.5 Å². The molecule has 1 fully saturated rings. The highest BCUT2D eigenvalue weighted by Crippen LogP contribution is 2.36. The molecular formula is C11H19NO3. The average molecular weight is 213 g/mol. The third-order valence-corrected chi connectivity index (χ3v) is 3.15.